The summed E-state index contributed by atoms with van der Waals surface area (Å²) >= 11 is 1.76. The fourth-order valence-electron chi connectivity index (χ4n) is 3.07. The van der Waals surface area contributed by atoms with Gasteiger partial charge in [0.2, 0.25) is 0 Å². The van der Waals surface area contributed by atoms with Gasteiger partial charge in [-0.25, -0.2) is 4.98 Å². The summed E-state index contributed by atoms with van der Waals surface area (Å²) < 4.78 is 12.8. The molecule has 2 aromatic carbocycles. The van der Waals surface area contributed by atoms with Crippen molar-refractivity contribution < 1.29 is 14.3 Å². The first kappa shape index (κ1) is 17.5. The molecule has 7 heteroatoms. The van der Waals surface area contributed by atoms with E-state index in [0.717, 1.165) is 28.7 Å². The molecule has 6 nitrogen and oxygen atoms in total. The zero-order valence-corrected chi connectivity index (χ0v) is 15.9. The van der Waals surface area contributed by atoms with E-state index in [0.29, 0.717) is 22.7 Å². The van der Waals surface area contributed by atoms with E-state index in [1.54, 1.807) is 37.1 Å². The number of hydrogen-bond acceptors (Lipinski definition) is 5. The van der Waals surface area contributed by atoms with Gasteiger partial charge >= 0.3 is 0 Å². The first-order valence-corrected chi connectivity index (χ1v) is 9.51. The number of rotatable bonds is 5. The van der Waals surface area contributed by atoms with Crippen molar-refractivity contribution >= 4 is 23.4 Å². The predicted octanol–water partition coefficient (Wildman–Crippen LogP) is 3.93. The normalized spacial score (nSPS) is 12.5. The molecule has 0 saturated heterocycles. The van der Waals surface area contributed by atoms with Gasteiger partial charge in [-0.1, -0.05) is 30.0 Å². The maximum atomic E-state index is 12.8. The molecule has 1 amide bonds. The molecule has 1 aromatic heterocycles. The lowest BCUT2D eigenvalue weighted by atomic mass is 10.1. The zero-order chi connectivity index (χ0) is 18.8. The third kappa shape index (κ3) is 3.38. The quantitative estimate of drug-likeness (QED) is 0.726. The Morgan fingerprint density at radius 3 is 2.81 bits per heavy atom. The number of hydrogen-bond donors (Lipinski definition) is 1. The van der Waals surface area contributed by atoms with E-state index < -0.39 is 0 Å². The smallest absolute Gasteiger partial charge is 0.259 e. The number of ether oxygens (including phenoxy) is 2. The number of aryl methyl sites for hydroxylation is 1. The molecule has 0 spiro atoms. The van der Waals surface area contributed by atoms with Gasteiger partial charge in [0.05, 0.1) is 25.5 Å². The lowest BCUT2D eigenvalue weighted by Crippen LogP contribution is -2.13. The highest BCUT2D eigenvalue weighted by atomic mass is 32.2. The number of para-hydroxylation sites is 1. The van der Waals surface area contributed by atoms with Crippen LogP contribution in [0.4, 0.5) is 5.69 Å². The molecule has 0 fully saturated rings. The van der Waals surface area contributed by atoms with Crippen LogP contribution < -0.4 is 14.8 Å². The van der Waals surface area contributed by atoms with Crippen LogP contribution in [0.25, 0.3) is 11.3 Å². The minimum absolute atomic E-state index is 0.259. The van der Waals surface area contributed by atoms with Gasteiger partial charge in [0.15, 0.2) is 16.7 Å². The minimum atomic E-state index is -0.259. The van der Waals surface area contributed by atoms with E-state index in [2.05, 4.69) is 21.1 Å². The van der Waals surface area contributed by atoms with Gasteiger partial charge in [-0.15, -0.1) is 0 Å². The van der Waals surface area contributed by atoms with Crippen molar-refractivity contribution in [3.05, 3.63) is 54.2 Å². The van der Waals surface area contributed by atoms with E-state index in [-0.39, 0.29) is 5.91 Å². The number of imidazole rings is 1. The van der Waals surface area contributed by atoms with Gasteiger partial charge in [-0.05, 0) is 24.3 Å². The highest BCUT2D eigenvalue weighted by Gasteiger charge is 2.18. The van der Waals surface area contributed by atoms with E-state index >= 15 is 0 Å². The van der Waals surface area contributed by atoms with Gasteiger partial charge in [0.1, 0.15) is 0 Å². The average Bonchev–Trinajstić information content (AvgIpc) is 3.29. The molecule has 0 radical (unpaired) electrons. The SMILES string of the molecule is COc1cccc(C(=O)Nc2cccc(-c3cn4c(n3)SCC4)c2)c1OC. The molecule has 27 heavy (non-hydrogen) atoms. The van der Waals surface area contributed by atoms with Crippen LogP contribution in [0.1, 0.15) is 10.4 Å². The Balaban J connectivity index is 1.59. The summed E-state index contributed by atoms with van der Waals surface area (Å²) in [6, 6.07) is 12.9. The topological polar surface area (TPSA) is 65.4 Å². The molecule has 3 aromatic rings. The van der Waals surface area contributed by atoms with Crippen molar-refractivity contribution in [1.82, 2.24) is 9.55 Å². The fourth-order valence-corrected chi connectivity index (χ4v) is 4.01. The number of aromatic nitrogens is 2. The number of thioether (sulfide) groups is 1. The number of fused-ring (bicyclic) bond motifs is 1. The van der Waals surface area contributed by atoms with Gasteiger partial charge in [-0.3, -0.25) is 4.79 Å². The second kappa shape index (κ2) is 7.36. The molecule has 138 valence electrons. The molecule has 0 bridgehead atoms. The number of amides is 1. The molecule has 1 N–H and O–H groups in total. The van der Waals surface area contributed by atoms with E-state index in [4.69, 9.17) is 9.47 Å². The Morgan fingerprint density at radius 1 is 1.19 bits per heavy atom. The number of carbonyl (C=O) groups excluding carboxylic acids is 1. The molecule has 2 heterocycles. The molecule has 0 unspecified atom stereocenters. The lowest BCUT2D eigenvalue weighted by Gasteiger charge is -2.13. The Kier molecular flexibility index (Phi) is 4.77. The van der Waals surface area contributed by atoms with Crippen LogP contribution in [0.5, 0.6) is 11.5 Å². The van der Waals surface area contributed by atoms with Crippen molar-refractivity contribution in [1.29, 1.82) is 0 Å². The summed E-state index contributed by atoms with van der Waals surface area (Å²) in [5.74, 6) is 1.74. The summed E-state index contributed by atoms with van der Waals surface area (Å²) in [6.07, 6.45) is 2.06. The number of carbonyl (C=O) groups is 1. The van der Waals surface area contributed by atoms with Crippen LogP contribution in [0.2, 0.25) is 0 Å². The molecule has 1 aliphatic rings. The summed E-state index contributed by atoms with van der Waals surface area (Å²) in [7, 11) is 3.06. The van der Waals surface area contributed by atoms with Gasteiger partial charge < -0.3 is 19.4 Å². The standard InChI is InChI=1S/C20H19N3O3S/c1-25-17-8-4-7-15(18(17)26-2)19(24)21-14-6-3-5-13(11-14)16-12-23-9-10-27-20(23)22-16/h3-8,11-12H,9-10H2,1-2H3,(H,21,24). The molecule has 0 saturated carbocycles. The maximum Gasteiger partial charge on any atom is 0.259 e. The molecular formula is C20H19N3O3S. The fraction of sp³-hybridized carbons (Fsp3) is 0.200. The number of benzene rings is 2. The van der Waals surface area contributed by atoms with Crippen LogP contribution >= 0.6 is 11.8 Å². The zero-order valence-electron chi connectivity index (χ0n) is 15.1. The van der Waals surface area contributed by atoms with Crippen LogP contribution in [-0.2, 0) is 6.54 Å². The summed E-state index contributed by atoms with van der Waals surface area (Å²) in [6.45, 7) is 0.985. The van der Waals surface area contributed by atoms with Crippen molar-refractivity contribution in [2.24, 2.45) is 0 Å². The Hall–Kier alpha value is -2.93. The van der Waals surface area contributed by atoms with Crippen LogP contribution in [0, 0.1) is 0 Å². The number of anilines is 1. The van der Waals surface area contributed by atoms with Crippen LogP contribution in [-0.4, -0.2) is 35.4 Å². The first-order valence-electron chi connectivity index (χ1n) is 8.52. The van der Waals surface area contributed by atoms with Gasteiger partial charge in [-0.2, -0.15) is 0 Å². The molecule has 4 rings (SSSR count). The first-order chi connectivity index (χ1) is 13.2. The van der Waals surface area contributed by atoms with Crippen molar-refractivity contribution in [3.63, 3.8) is 0 Å². The number of nitrogens with one attached hydrogen (secondary N) is 1. The van der Waals surface area contributed by atoms with Crippen molar-refractivity contribution in [2.45, 2.75) is 11.7 Å². The number of nitrogens with zero attached hydrogens (tertiary/aromatic N) is 2. The maximum absolute atomic E-state index is 12.8. The summed E-state index contributed by atoms with van der Waals surface area (Å²) in [5, 5.41) is 3.97. The van der Waals surface area contributed by atoms with E-state index in [9.17, 15) is 4.79 Å². The third-order valence-electron chi connectivity index (χ3n) is 4.37. The summed E-state index contributed by atoms with van der Waals surface area (Å²) in [5.41, 5.74) is 2.99. The van der Waals surface area contributed by atoms with E-state index in [1.807, 2.05) is 24.3 Å². The average molecular weight is 381 g/mol. The van der Waals surface area contributed by atoms with Crippen molar-refractivity contribution in [2.75, 3.05) is 25.3 Å². The van der Waals surface area contributed by atoms with Crippen LogP contribution in [0.15, 0.2) is 53.8 Å². The minimum Gasteiger partial charge on any atom is -0.493 e. The van der Waals surface area contributed by atoms with Gasteiger partial charge in [0.25, 0.3) is 5.91 Å². The second-order valence-corrected chi connectivity index (χ2v) is 7.09. The van der Waals surface area contributed by atoms with Gasteiger partial charge in [0, 0.05) is 29.7 Å². The Labute approximate surface area is 161 Å². The third-order valence-corrected chi connectivity index (χ3v) is 5.34. The monoisotopic (exact) mass is 381 g/mol. The highest BCUT2D eigenvalue weighted by Crippen LogP contribution is 2.32. The Bertz CT molecular complexity index is 978. The summed E-state index contributed by atoms with van der Waals surface area (Å²) in [4.78, 5) is 17.4. The molecule has 1 aliphatic heterocycles. The van der Waals surface area contributed by atoms with Crippen molar-refractivity contribution in [3.8, 4) is 22.8 Å². The molecule has 0 aliphatic carbocycles. The Morgan fingerprint density at radius 2 is 2.04 bits per heavy atom. The second-order valence-electron chi connectivity index (χ2n) is 6.03. The van der Waals surface area contributed by atoms with Crippen LogP contribution in [0.3, 0.4) is 0 Å². The number of methoxy groups -OCH3 is 2. The lowest BCUT2D eigenvalue weighted by molar-refractivity contribution is 0.102. The highest BCUT2D eigenvalue weighted by molar-refractivity contribution is 7.99. The predicted molar refractivity (Wildman–Crippen MR) is 106 cm³/mol. The molecular weight excluding hydrogens is 362 g/mol. The largest absolute Gasteiger partial charge is 0.493 e. The molecule has 0 atom stereocenters. The van der Waals surface area contributed by atoms with E-state index in [1.165, 1.54) is 7.11 Å².